The molecule has 1 heterocycles. The van der Waals surface area contributed by atoms with E-state index in [2.05, 4.69) is 6.58 Å². The van der Waals surface area contributed by atoms with Gasteiger partial charge in [0.1, 0.15) is 6.61 Å². The molecule has 0 N–H and O–H groups in total. The second kappa shape index (κ2) is 6.59. The van der Waals surface area contributed by atoms with Gasteiger partial charge in [0, 0.05) is 5.38 Å². The highest BCUT2D eigenvalue weighted by molar-refractivity contribution is 8.00. The van der Waals surface area contributed by atoms with E-state index in [0.29, 0.717) is 12.2 Å². The third kappa shape index (κ3) is 3.72. The van der Waals surface area contributed by atoms with E-state index in [1.165, 1.54) is 0 Å². The summed E-state index contributed by atoms with van der Waals surface area (Å²) in [4.78, 5) is 11.8. The first-order valence-electron chi connectivity index (χ1n) is 5.74. The predicted molar refractivity (Wildman–Crippen MR) is 81.8 cm³/mol. The molecule has 0 spiro atoms. The number of benzene rings is 1. The molecular formula is C15H14O2S2. The van der Waals surface area contributed by atoms with E-state index in [1.54, 1.807) is 29.2 Å². The highest BCUT2D eigenvalue weighted by Crippen LogP contribution is 2.24. The Morgan fingerprint density at radius 3 is 2.74 bits per heavy atom. The zero-order valence-electron chi connectivity index (χ0n) is 10.6. The zero-order valence-corrected chi connectivity index (χ0v) is 12.2. The summed E-state index contributed by atoms with van der Waals surface area (Å²) in [6.07, 6.45) is 3.77. The first-order valence-corrected chi connectivity index (χ1v) is 7.84. The topological polar surface area (TPSA) is 26.3 Å². The van der Waals surface area contributed by atoms with Crippen molar-refractivity contribution in [2.24, 2.45) is 0 Å². The van der Waals surface area contributed by atoms with Crippen molar-refractivity contribution in [3.63, 3.8) is 0 Å². The van der Waals surface area contributed by atoms with Gasteiger partial charge in [-0.05, 0) is 23.4 Å². The minimum absolute atomic E-state index is 0.274. The van der Waals surface area contributed by atoms with Gasteiger partial charge in [0.25, 0.3) is 0 Å². The fourth-order valence-electron chi connectivity index (χ4n) is 1.51. The molecule has 2 nitrogen and oxygen atoms in total. The number of rotatable bonds is 5. The summed E-state index contributed by atoms with van der Waals surface area (Å²) in [6.45, 7) is 3.99. The summed E-state index contributed by atoms with van der Waals surface area (Å²) >= 11 is 3.18. The quantitative estimate of drug-likeness (QED) is 0.600. The number of esters is 1. The SMILES string of the molecule is C=Cc1ccc(COC(=O)c2csc(SC)c2)cc1. The van der Waals surface area contributed by atoms with Gasteiger partial charge in [0.2, 0.25) is 0 Å². The van der Waals surface area contributed by atoms with E-state index in [-0.39, 0.29) is 5.97 Å². The number of hydrogen-bond donors (Lipinski definition) is 0. The molecule has 2 rings (SSSR count). The number of thioether (sulfide) groups is 1. The molecule has 0 bridgehead atoms. The molecule has 1 aromatic carbocycles. The van der Waals surface area contributed by atoms with E-state index >= 15 is 0 Å². The summed E-state index contributed by atoms with van der Waals surface area (Å²) in [7, 11) is 0. The average molecular weight is 290 g/mol. The van der Waals surface area contributed by atoms with Gasteiger partial charge in [-0.25, -0.2) is 4.79 Å². The molecule has 19 heavy (non-hydrogen) atoms. The number of hydrogen-bond acceptors (Lipinski definition) is 4. The predicted octanol–water partition coefficient (Wildman–Crippen LogP) is 4.47. The van der Waals surface area contributed by atoms with E-state index in [1.807, 2.05) is 42.0 Å². The van der Waals surface area contributed by atoms with Gasteiger partial charge in [-0.2, -0.15) is 0 Å². The lowest BCUT2D eigenvalue weighted by atomic mass is 10.1. The number of carbonyl (C=O) groups is 1. The summed E-state index contributed by atoms with van der Waals surface area (Å²) in [5.41, 5.74) is 2.65. The zero-order chi connectivity index (χ0) is 13.7. The molecule has 2 aromatic rings. The van der Waals surface area contributed by atoms with Crippen LogP contribution in [0, 0.1) is 0 Å². The number of thiophene rings is 1. The minimum Gasteiger partial charge on any atom is -0.457 e. The van der Waals surface area contributed by atoms with Gasteiger partial charge in [-0.3, -0.25) is 0 Å². The van der Waals surface area contributed by atoms with E-state index in [9.17, 15) is 4.79 Å². The molecule has 0 amide bonds. The third-order valence-corrected chi connectivity index (χ3v) is 4.63. The van der Waals surface area contributed by atoms with E-state index < -0.39 is 0 Å². The maximum absolute atomic E-state index is 11.8. The molecule has 0 aliphatic carbocycles. The van der Waals surface area contributed by atoms with Gasteiger partial charge in [0.15, 0.2) is 0 Å². The third-order valence-electron chi connectivity index (χ3n) is 2.60. The molecule has 0 fully saturated rings. The molecule has 4 heteroatoms. The molecule has 0 saturated heterocycles. The Morgan fingerprint density at radius 1 is 1.42 bits per heavy atom. The van der Waals surface area contributed by atoms with Crippen molar-refractivity contribution in [1.29, 1.82) is 0 Å². The Bertz CT molecular complexity index is 570. The van der Waals surface area contributed by atoms with Crippen molar-refractivity contribution in [3.05, 3.63) is 59.0 Å². The van der Waals surface area contributed by atoms with E-state index in [0.717, 1.165) is 15.3 Å². The Morgan fingerprint density at radius 2 is 2.16 bits per heavy atom. The first-order chi connectivity index (χ1) is 9.22. The second-order valence-electron chi connectivity index (χ2n) is 3.88. The lowest BCUT2D eigenvalue weighted by Gasteiger charge is -2.04. The highest BCUT2D eigenvalue weighted by atomic mass is 32.2. The van der Waals surface area contributed by atoms with Crippen LogP contribution in [-0.2, 0) is 11.3 Å². The lowest BCUT2D eigenvalue weighted by molar-refractivity contribution is 0.0473. The largest absolute Gasteiger partial charge is 0.457 e. The molecule has 0 aliphatic rings. The van der Waals surface area contributed by atoms with Crippen LogP contribution in [0.3, 0.4) is 0 Å². The lowest BCUT2D eigenvalue weighted by Crippen LogP contribution is -2.03. The van der Waals surface area contributed by atoms with Crippen LogP contribution in [0.2, 0.25) is 0 Å². The van der Waals surface area contributed by atoms with Crippen molar-refractivity contribution in [1.82, 2.24) is 0 Å². The van der Waals surface area contributed by atoms with Crippen LogP contribution in [0.15, 0.2) is 46.5 Å². The van der Waals surface area contributed by atoms with Crippen molar-refractivity contribution in [3.8, 4) is 0 Å². The maximum Gasteiger partial charge on any atom is 0.339 e. The Hall–Kier alpha value is -1.52. The fraction of sp³-hybridized carbons (Fsp3) is 0.133. The van der Waals surface area contributed by atoms with Crippen LogP contribution in [0.5, 0.6) is 0 Å². The van der Waals surface area contributed by atoms with Crippen molar-refractivity contribution >= 4 is 35.1 Å². The van der Waals surface area contributed by atoms with Crippen LogP contribution < -0.4 is 0 Å². The average Bonchev–Trinajstić information content (AvgIpc) is 2.94. The van der Waals surface area contributed by atoms with Crippen LogP contribution in [0.4, 0.5) is 0 Å². The molecular weight excluding hydrogens is 276 g/mol. The Balaban J connectivity index is 1.93. The first kappa shape index (κ1) is 13.9. The Labute approximate surface area is 121 Å². The maximum atomic E-state index is 11.8. The fourth-order valence-corrected chi connectivity index (χ4v) is 2.89. The summed E-state index contributed by atoms with van der Waals surface area (Å²) in [5.74, 6) is -0.274. The molecule has 0 aliphatic heterocycles. The standard InChI is InChI=1S/C15H14O2S2/c1-3-11-4-6-12(7-5-11)9-17-15(16)13-8-14(18-2)19-10-13/h3-8,10H,1,9H2,2H3. The second-order valence-corrected chi connectivity index (χ2v) is 5.90. The van der Waals surface area contributed by atoms with Gasteiger partial charge in [-0.15, -0.1) is 23.1 Å². The molecule has 0 radical (unpaired) electrons. The molecule has 1 aromatic heterocycles. The van der Waals surface area contributed by atoms with Crippen molar-refractivity contribution in [2.75, 3.05) is 6.26 Å². The van der Waals surface area contributed by atoms with Crippen LogP contribution in [0.1, 0.15) is 21.5 Å². The molecule has 0 saturated carbocycles. The number of carbonyl (C=O) groups excluding carboxylic acids is 1. The number of ether oxygens (including phenoxy) is 1. The van der Waals surface area contributed by atoms with Crippen molar-refractivity contribution in [2.45, 2.75) is 10.8 Å². The smallest absolute Gasteiger partial charge is 0.339 e. The van der Waals surface area contributed by atoms with E-state index in [4.69, 9.17) is 4.74 Å². The summed E-state index contributed by atoms with van der Waals surface area (Å²) in [5, 5.41) is 1.83. The Kier molecular flexibility index (Phi) is 4.82. The minimum atomic E-state index is -0.274. The molecule has 0 unspecified atom stereocenters. The molecule has 98 valence electrons. The summed E-state index contributed by atoms with van der Waals surface area (Å²) in [6, 6.07) is 9.63. The summed E-state index contributed by atoms with van der Waals surface area (Å²) < 4.78 is 6.39. The monoisotopic (exact) mass is 290 g/mol. The van der Waals surface area contributed by atoms with Gasteiger partial charge in [-0.1, -0.05) is 36.9 Å². The van der Waals surface area contributed by atoms with Crippen LogP contribution >= 0.6 is 23.1 Å². The normalized spacial score (nSPS) is 10.2. The molecule has 0 atom stereocenters. The highest BCUT2D eigenvalue weighted by Gasteiger charge is 2.09. The van der Waals surface area contributed by atoms with Gasteiger partial charge < -0.3 is 4.74 Å². The van der Waals surface area contributed by atoms with Crippen LogP contribution in [0.25, 0.3) is 6.08 Å². The van der Waals surface area contributed by atoms with Gasteiger partial charge >= 0.3 is 5.97 Å². The van der Waals surface area contributed by atoms with Crippen LogP contribution in [-0.4, -0.2) is 12.2 Å². The van der Waals surface area contributed by atoms with Crippen molar-refractivity contribution < 1.29 is 9.53 Å². The van der Waals surface area contributed by atoms with Gasteiger partial charge in [0.05, 0.1) is 9.77 Å².